The van der Waals surface area contributed by atoms with E-state index in [9.17, 15) is 18.4 Å². The van der Waals surface area contributed by atoms with Gasteiger partial charge in [0.15, 0.2) is 0 Å². The molecule has 0 aliphatic carbocycles. The normalized spacial score (nSPS) is 12.0. The maximum atomic E-state index is 13.6. The third kappa shape index (κ3) is 2.73. The van der Waals surface area contributed by atoms with Gasteiger partial charge < -0.3 is 9.73 Å². The van der Waals surface area contributed by atoms with Crippen LogP contribution in [-0.4, -0.2) is 20.1 Å². The van der Waals surface area contributed by atoms with E-state index in [0.717, 1.165) is 17.1 Å². The molecule has 2 heterocycles. The van der Waals surface area contributed by atoms with E-state index in [1.54, 1.807) is 26.0 Å². The standard InChI is InChI=1S/C19H14F3N3O2/c1-10-17(11(2)27-24-10)12-7-14(18-16(8-12)23-9-25(18)26)13-5-3-4-6-15(13)19(20,21)22/h3-9,26H,1-2H3. The number of imidazole rings is 1. The third-order valence-electron chi connectivity index (χ3n) is 4.47. The number of rotatable bonds is 2. The topological polar surface area (TPSA) is 64.1 Å². The van der Waals surface area contributed by atoms with Gasteiger partial charge in [-0.2, -0.15) is 17.9 Å². The molecule has 5 nitrogen and oxygen atoms in total. The highest BCUT2D eigenvalue weighted by molar-refractivity contribution is 5.97. The van der Waals surface area contributed by atoms with Gasteiger partial charge in [0.05, 0.1) is 16.8 Å². The van der Waals surface area contributed by atoms with Gasteiger partial charge in [0.25, 0.3) is 0 Å². The zero-order valence-corrected chi connectivity index (χ0v) is 14.4. The second kappa shape index (κ2) is 5.87. The maximum Gasteiger partial charge on any atom is 0.417 e. The lowest BCUT2D eigenvalue weighted by Crippen LogP contribution is -2.07. The van der Waals surface area contributed by atoms with Crippen molar-refractivity contribution >= 4 is 11.0 Å². The van der Waals surface area contributed by atoms with Crippen molar-refractivity contribution in [3.63, 3.8) is 0 Å². The second-order valence-corrected chi connectivity index (χ2v) is 6.22. The Morgan fingerprint density at radius 2 is 1.81 bits per heavy atom. The Morgan fingerprint density at radius 3 is 2.48 bits per heavy atom. The maximum absolute atomic E-state index is 13.6. The van der Waals surface area contributed by atoms with E-state index in [-0.39, 0.29) is 16.6 Å². The van der Waals surface area contributed by atoms with Crippen molar-refractivity contribution in [2.75, 3.05) is 0 Å². The van der Waals surface area contributed by atoms with Crippen molar-refractivity contribution in [2.45, 2.75) is 20.0 Å². The van der Waals surface area contributed by atoms with E-state index in [0.29, 0.717) is 28.1 Å². The summed E-state index contributed by atoms with van der Waals surface area (Å²) in [6.07, 6.45) is -3.39. The molecular weight excluding hydrogens is 359 g/mol. The molecule has 0 unspecified atom stereocenters. The summed E-state index contributed by atoms with van der Waals surface area (Å²) in [5.74, 6) is 0.547. The Morgan fingerprint density at radius 1 is 1.07 bits per heavy atom. The average Bonchev–Trinajstić information content (AvgIpc) is 3.16. The molecule has 0 atom stereocenters. The minimum absolute atomic E-state index is 0.0422. The van der Waals surface area contributed by atoms with E-state index >= 15 is 0 Å². The number of aryl methyl sites for hydroxylation is 2. The van der Waals surface area contributed by atoms with E-state index in [1.165, 1.54) is 18.2 Å². The number of fused-ring (bicyclic) bond motifs is 1. The molecule has 0 saturated carbocycles. The fourth-order valence-corrected chi connectivity index (χ4v) is 3.34. The number of benzene rings is 2. The molecule has 4 aromatic rings. The summed E-state index contributed by atoms with van der Waals surface area (Å²) in [5, 5.41) is 14.0. The summed E-state index contributed by atoms with van der Waals surface area (Å²) in [6, 6.07) is 8.53. The predicted octanol–water partition coefficient (Wildman–Crippen LogP) is 5.23. The van der Waals surface area contributed by atoms with Gasteiger partial charge in [-0.05, 0) is 43.2 Å². The van der Waals surface area contributed by atoms with E-state index < -0.39 is 11.7 Å². The van der Waals surface area contributed by atoms with E-state index in [4.69, 9.17) is 4.52 Å². The van der Waals surface area contributed by atoms with Crippen LogP contribution in [0.4, 0.5) is 13.2 Å². The molecular formula is C19H14F3N3O2. The van der Waals surface area contributed by atoms with Crippen LogP contribution >= 0.6 is 0 Å². The molecule has 27 heavy (non-hydrogen) atoms. The fraction of sp³-hybridized carbons (Fsp3) is 0.158. The number of nitrogens with zero attached hydrogens (tertiary/aromatic N) is 3. The summed E-state index contributed by atoms with van der Waals surface area (Å²) in [4.78, 5) is 4.11. The first-order chi connectivity index (χ1) is 12.8. The monoisotopic (exact) mass is 373 g/mol. The Hall–Kier alpha value is -3.29. The van der Waals surface area contributed by atoms with Crippen LogP contribution in [0.15, 0.2) is 47.2 Å². The molecule has 4 rings (SSSR count). The molecule has 0 amide bonds. The smallest absolute Gasteiger partial charge is 0.417 e. The first-order valence-corrected chi connectivity index (χ1v) is 8.07. The Labute approximate surface area is 151 Å². The van der Waals surface area contributed by atoms with Crippen LogP contribution < -0.4 is 0 Å². The molecule has 0 spiro atoms. The highest BCUT2D eigenvalue weighted by atomic mass is 19.4. The fourth-order valence-electron chi connectivity index (χ4n) is 3.34. The van der Waals surface area contributed by atoms with Crippen molar-refractivity contribution in [2.24, 2.45) is 0 Å². The summed E-state index contributed by atoms with van der Waals surface area (Å²) in [5.41, 5.74) is 1.87. The third-order valence-corrected chi connectivity index (χ3v) is 4.47. The van der Waals surface area contributed by atoms with Gasteiger partial charge in [-0.3, -0.25) is 0 Å². The molecule has 8 heteroatoms. The van der Waals surface area contributed by atoms with Crippen LogP contribution in [0, 0.1) is 13.8 Å². The van der Waals surface area contributed by atoms with Gasteiger partial charge in [-0.1, -0.05) is 23.4 Å². The number of hydrogen-bond donors (Lipinski definition) is 1. The molecule has 0 aliphatic heterocycles. The SMILES string of the molecule is Cc1noc(C)c1-c1cc(-c2ccccc2C(F)(F)F)c2c(c1)ncn2O. The molecule has 2 aromatic heterocycles. The number of alkyl halides is 3. The molecule has 0 fully saturated rings. The van der Waals surface area contributed by atoms with Crippen LogP contribution in [-0.2, 0) is 6.18 Å². The van der Waals surface area contributed by atoms with Crippen LogP contribution in [0.5, 0.6) is 0 Å². The van der Waals surface area contributed by atoms with E-state index in [1.807, 2.05) is 0 Å². The first kappa shape index (κ1) is 17.1. The van der Waals surface area contributed by atoms with Crippen molar-refractivity contribution in [1.82, 2.24) is 14.9 Å². The molecule has 0 saturated heterocycles. The highest BCUT2D eigenvalue weighted by Crippen LogP contribution is 2.41. The Bertz CT molecular complexity index is 1140. The summed E-state index contributed by atoms with van der Waals surface area (Å²) < 4.78 is 46.6. The Balaban J connectivity index is 2.09. The molecule has 0 radical (unpaired) electrons. The molecule has 1 N–H and O–H groups in total. The molecule has 0 aliphatic rings. The van der Waals surface area contributed by atoms with Gasteiger partial charge in [-0.25, -0.2) is 4.98 Å². The van der Waals surface area contributed by atoms with Crippen LogP contribution in [0.25, 0.3) is 33.3 Å². The second-order valence-electron chi connectivity index (χ2n) is 6.22. The van der Waals surface area contributed by atoms with Crippen molar-refractivity contribution in [3.8, 4) is 22.3 Å². The first-order valence-electron chi connectivity index (χ1n) is 8.07. The largest absolute Gasteiger partial charge is 0.427 e. The van der Waals surface area contributed by atoms with Crippen molar-refractivity contribution in [3.05, 3.63) is 59.7 Å². The number of hydrogen-bond acceptors (Lipinski definition) is 4. The summed E-state index contributed by atoms with van der Waals surface area (Å²) in [6.45, 7) is 3.48. The number of halogens is 3. The minimum atomic E-state index is -4.54. The van der Waals surface area contributed by atoms with Gasteiger partial charge >= 0.3 is 6.18 Å². The van der Waals surface area contributed by atoms with Crippen LogP contribution in [0.3, 0.4) is 0 Å². The van der Waals surface area contributed by atoms with Gasteiger partial charge in [0.1, 0.15) is 17.6 Å². The average molecular weight is 373 g/mol. The summed E-state index contributed by atoms with van der Waals surface area (Å²) >= 11 is 0. The lowest BCUT2D eigenvalue weighted by atomic mass is 9.93. The zero-order chi connectivity index (χ0) is 19.3. The highest BCUT2D eigenvalue weighted by Gasteiger charge is 2.34. The predicted molar refractivity (Wildman–Crippen MR) is 92.3 cm³/mol. The quantitative estimate of drug-likeness (QED) is 0.489. The molecule has 0 bridgehead atoms. The van der Waals surface area contributed by atoms with Crippen molar-refractivity contribution in [1.29, 1.82) is 0 Å². The van der Waals surface area contributed by atoms with E-state index in [2.05, 4.69) is 10.1 Å². The zero-order valence-electron chi connectivity index (χ0n) is 14.4. The molecule has 138 valence electrons. The number of aromatic nitrogens is 3. The van der Waals surface area contributed by atoms with Gasteiger partial charge in [-0.15, -0.1) is 0 Å². The lowest BCUT2D eigenvalue weighted by Gasteiger charge is -2.15. The van der Waals surface area contributed by atoms with Crippen LogP contribution in [0.1, 0.15) is 17.0 Å². The van der Waals surface area contributed by atoms with Crippen LogP contribution in [0.2, 0.25) is 0 Å². The van der Waals surface area contributed by atoms with Gasteiger partial charge in [0, 0.05) is 11.1 Å². The van der Waals surface area contributed by atoms with Gasteiger partial charge in [0.2, 0.25) is 0 Å². The Kier molecular flexibility index (Phi) is 3.73. The molecule has 2 aromatic carbocycles. The lowest BCUT2D eigenvalue weighted by molar-refractivity contribution is -0.137. The summed E-state index contributed by atoms with van der Waals surface area (Å²) in [7, 11) is 0. The minimum Gasteiger partial charge on any atom is -0.427 e. The van der Waals surface area contributed by atoms with Crippen molar-refractivity contribution < 1.29 is 22.9 Å².